The van der Waals surface area contributed by atoms with E-state index >= 15 is 0 Å². The number of aromatic nitrogens is 1. The molecule has 1 nitrogen and oxygen atoms in total. The monoisotopic (exact) mass is 163 g/mol. The first-order valence-electron chi connectivity index (χ1n) is 2.24. The van der Waals surface area contributed by atoms with Crippen LogP contribution in [0.3, 0.4) is 0 Å². The minimum absolute atomic E-state index is 0.0589. The summed E-state index contributed by atoms with van der Waals surface area (Å²) >= 11 is 9.93. The molecule has 1 rings (SSSR count). The lowest BCUT2D eigenvalue weighted by Gasteiger charge is -1.89. The summed E-state index contributed by atoms with van der Waals surface area (Å²) in [5.41, 5.74) is 0. The predicted octanol–water partition coefficient (Wildman–Crippen LogP) is 2.54. The summed E-state index contributed by atoms with van der Waals surface area (Å²) < 4.78 is 12.7. The van der Waals surface area contributed by atoms with Crippen LogP contribution in [0.25, 0.3) is 0 Å². The second kappa shape index (κ2) is 2.45. The van der Waals surface area contributed by atoms with Gasteiger partial charge < -0.3 is 4.98 Å². The Morgan fingerprint density at radius 1 is 1.67 bits per heavy atom. The van der Waals surface area contributed by atoms with Crippen molar-refractivity contribution in [3.63, 3.8) is 0 Å². The molecule has 1 aromatic heterocycles. The molecule has 0 aliphatic carbocycles. The highest BCUT2D eigenvalue weighted by molar-refractivity contribution is 7.71. The molecule has 0 aliphatic heterocycles. The van der Waals surface area contributed by atoms with E-state index in [1.54, 1.807) is 0 Å². The first-order chi connectivity index (χ1) is 4.20. The van der Waals surface area contributed by atoms with E-state index in [2.05, 4.69) is 17.2 Å². The topological polar surface area (TPSA) is 15.8 Å². The number of rotatable bonds is 0. The smallest absolute Gasteiger partial charge is 0.146 e. The number of hydrogen-bond acceptors (Lipinski definition) is 1. The fourth-order valence-electron chi connectivity index (χ4n) is 0.429. The highest BCUT2D eigenvalue weighted by Crippen LogP contribution is 2.10. The molecule has 4 heteroatoms. The second-order valence-corrected chi connectivity index (χ2v) is 2.34. The van der Waals surface area contributed by atoms with Gasteiger partial charge in [0.1, 0.15) is 10.5 Å². The number of aromatic amines is 1. The van der Waals surface area contributed by atoms with Crippen molar-refractivity contribution < 1.29 is 4.39 Å². The van der Waals surface area contributed by atoms with E-state index in [1.807, 2.05) is 0 Å². The molecule has 1 heterocycles. The van der Waals surface area contributed by atoms with E-state index in [4.69, 9.17) is 11.6 Å². The summed E-state index contributed by atoms with van der Waals surface area (Å²) in [5, 5.41) is 0.0589. The Morgan fingerprint density at radius 2 is 2.33 bits per heavy atom. The fourth-order valence-corrected chi connectivity index (χ4v) is 0.701. The van der Waals surface area contributed by atoms with Gasteiger partial charge in [-0.15, -0.1) is 0 Å². The summed E-state index contributed by atoms with van der Waals surface area (Å²) in [5.74, 6) is -0.486. The Hall–Kier alpha value is -0.410. The Bertz CT molecular complexity index is 270. The van der Waals surface area contributed by atoms with Crippen molar-refractivity contribution in [3.05, 3.63) is 27.7 Å². The lowest BCUT2D eigenvalue weighted by Crippen LogP contribution is -1.78. The van der Waals surface area contributed by atoms with Gasteiger partial charge in [-0.3, -0.25) is 0 Å². The normalized spacial score (nSPS) is 9.56. The van der Waals surface area contributed by atoms with Gasteiger partial charge in [0.2, 0.25) is 0 Å². The number of hydrogen-bond donors (Lipinski definition) is 1. The zero-order valence-corrected chi connectivity index (χ0v) is 5.89. The molecule has 0 aliphatic rings. The summed E-state index contributed by atoms with van der Waals surface area (Å²) in [4.78, 5) is 2.58. The Morgan fingerprint density at radius 3 is 2.78 bits per heavy atom. The van der Waals surface area contributed by atoms with Crippen LogP contribution >= 0.6 is 23.8 Å². The average molecular weight is 164 g/mol. The SMILES string of the molecule is Fc1cc(=S)[nH]cc1Cl. The maximum Gasteiger partial charge on any atom is 0.146 e. The van der Waals surface area contributed by atoms with E-state index in [-0.39, 0.29) is 5.02 Å². The number of pyridine rings is 1. The molecule has 48 valence electrons. The Labute approximate surface area is 61.5 Å². The van der Waals surface area contributed by atoms with Crippen LogP contribution in [-0.2, 0) is 0 Å². The van der Waals surface area contributed by atoms with E-state index in [0.717, 1.165) is 6.07 Å². The third-order valence-electron chi connectivity index (χ3n) is 0.827. The van der Waals surface area contributed by atoms with Crippen molar-refractivity contribution >= 4 is 23.8 Å². The highest BCUT2D eigenvalue weighted by Gasteiger charge is 1.94. The van der Waals surface area contributed by atoms with Gasteiger partial charge in [-0.1, -0.05) is 23.8 Å². The molecule has 0 radical (unpaired) electrons. The van der Waals surface area contributed by atoms with Gasteiger partial charge in [-0.05, 0) is 0 Å². The molecule has 9 heavy (non-hydrogen) atoms. The van der Waals surface area contributed by atoms with Crippen LogP contribution in [0.2, 0.25) is 5.02 Å². The minimum Gasteiger partial charge on any atom is -0.351 e. The standard InChI is InChI=1S/C5H3ClFNS/c6-3-2-8-5(9)1-4(3)7/h1-2H,(H,8,9). The third-order valence-corrected chi connectivity index (χ3v) is 1.35. The molecular weight excluding hydrogens is 161 g/mol. The van der Waals surface area contributed by atoms with Gasteiger partial charge in [0.05, 0.1) is 5.02 Å². The first-order valence-corrected chi connectivity index (χ1v) is 3.02. The molecule has 0 unspecified atom stereocenters. The van der Waals surface area contributed by atoms with Gasteiger partial charge in [-0.2, -0.15) is 0 Å². The molecule has 0 spiro atoms. The van der Waals surface area contributed by atoms with Gasteiger partial charge in [0.25, 0.3) is 0 Å². The van der Waals surface area contributed by atoms with E-state index < -0.39 is 5.82 Å². The number of H-pyrrole nitrogens is 1. The molecule has 0 bridgehead atoms. The van der Waals surface area contributed by atoms with Crippen molar-refractivity contribution in [1.29, 1.82) is 0 Å². The Kier molecular flexibility index (Phi) is 1.83. The van der Waals surface area contributed by atoms with Crippen LogP contribution < -0.4 is 0 Å². The van der Waals surface area contributed by atoms with E-state index in [0.29, 0.717) is 4.64 Å². The van der Waals surface area contributed by atoms with Crippen LogP contribution in [0.15, 0.2) is 12.3 Å². The van der Waals surface area contributed by atoms with Crippen LogP contribution in [-0.4, -0.2) is 4.98 Å². The molecule has 0 amide bonds. The molecule has 1 aromatic rings. The molecule has 0 aromatic carbocycles. The molecular formula is C5H3ClFNS. The van der Waals surface area contributed by atoms with E-state index in [1.165, 1.54) is 6.20 Å². The van der Waals surface area contributed by atoms with Gasteiger partial charge in [-0.25, -0.2) is 4.39 Å². The van der Waals surface area contributed by atoms with Gasteiger partial charge in [0.15, 0.2) is 0 Å². The fraction of sp³-hybridized carbons (Fsp3) is 0. The highest BCUT2D eigenvalue weighted by atomic mass is 35.5. The summed E-state index contributed by atoms with van der Waals surface area (Å²) in [6, 6.07) is 1.16. The second-order valence-electron chi connectivity index (χ2n) is 1.49. The summed E-state index contributed by atoms with van der Waals surface area (Å²) in [6.07, 6.45) is 1.32. The van der Waals surface area contributed by atoms with Crippen LogP contribution in [0, 0.1) is 10.5 Å². The predicted molar refractivity (Wildman–Crippen MR) is 36.6 cm³/mol. The third kappa shape index (κ3) is 1.50. The molecule has 0 saturated carbocycles. The van der Waals surface area contributed by atoms with Crippen LogP contribution in [0.5, 0.6) is 0 Å². The van der Waals surface area contributed by atoms with Crippen molar-refractivity contribution in [1.82, 2.24) is 4.98 Å². The lowest BCUT2D eigenvalue weighted by molar-refractivity contribution is 0.625. The van der Waals surface area contributed by atoms with Crippen molar-refractivity contribution in [2.75, 3.05) is 0 Å². The molecule has 0 fully saturated rings. The zero-order chi connectivity index (χ0) is 6.85. The number of nitrogens with one attached hydrogen (secondary N) is 1. The lowest BCUT2D eigenvalue weighted by atomic mass is 10.5. The Balaban J connectivity index is 3.34. The van der Waals surface area contributed by atoms with Crippen molar-refractivity contribution in [2.24, 2.45) is 0 Å². The van der Waals surface area contributed by atoms with E-state index in [9.17, 15) is 4.39 Å². The largest absolute Gasteiger partial charge is 0.351 e. The average Bonchev–Trinajstić information content (AvgIpc) is 1.80. The van der Waals surface area contributed by atoms with Gasteiger partial charge in [0, 0.05) is 12.3 Å². The molecule has 0 atom stereocenters. The zero-order valence-electron chi connectivity index (χ0n) is 4.32. The van der Waals surface area contributed by atoms with Crippen molar-refractivity contribution in [3.8, 4) is 0 Å². The number of halogens is 2. The quantitative estimate of drug-likeness (QED) is 0.582. The maximum atomic E-state index is 12.4. The van der Waals surface area contributed by atoms with Crippen LogP contribution in [0.1, 0.15) is 0 Å². The van der Waals surface area contributed by atoms with Crippen LogP contribution in [0.4, 0.5) is 4.39 Å². The molecule has 1 N–H and O–H groups in total. The van der Waals surface area contributed by atoms with Gasteiger partial charge >= 0.3 is 0 Å². The maximum absolute atomic E-state index is 12.4. The minimum atomic E-state index is -0.486. The van der Waals surface area contributed by atoms with Crippen molar-refractivity contribution in [2.45, 2.75) is 0 Å². The summed E-state index contributed by atoms with van der Waals surface area (Å²) in [7, 11) is 0. The summed E-state index contributed by atoms with van der Waals surface area (Å²) in [6.45, 7) is 0. The first kappa shape index (κ1) is 6.71. The molecule has 0 saturated heterocycles.